The molecular formula is C14H21N3O. The predicted molar refractivity (Wildman–Crippen MR) is 74.3 cm³/mol. The van der Waals surface area contributed by atoms with Crippen LogP contribution in [0.5, 0.6) is 0 Å². The van der Waals surface area contributed by atoms with Crippen LogP contribution < -0.4 is 10.2 Å². The Hall–Kier alpha value is -1.26. The van der Waals surface area contributed by atoms with Gasteiger partial charge in [0.25, 0.3) is 0 Å². The number of benzene rings is 1. The molecule has 1 N–H and O–H groups in total. The summed E-state index contributed by atoms with van der Waals surface area (Å²) in [6.07, 6.45) is 0. The molecule has 1 fully saturated rings. The van der Waals surface area contributed by atoms with Crippen molar-refractivity contribution in [1.82, 2.24) is 4.90 Å². The van der Waals surface area contributed by atoms with Gasteiger partial charge in [0.15, 0.2) is 0 Å². The Labute approximate surface area is 109 Å². The lowest BCUT2D eigenvalue weighted by Gasteiger charge is -2.29. The van der Waals surface area contributed by atoms with Crippen LogP contribution in [-0.2, 0) is 11.3 Å². The van der Waals surface area contributed by atoms with Crippen molar-refractivity contribution < 1.29 is 4.74 Å². The Balaban J connectivity index is 1.83. The fourth-order valence-electron chi connectivity index (χ4n) is 2.64. The van der Waals surface area contributed by atoms with Gasteiger partial charge in [-0.2, -0.15) is 0 Å². The first-order chi connectivity index (χ1) is 8.83. The third-order valence-corrected chi connectivity index (χ3v) is 3.72. The van der Waals surface area contributed by atoms with Crippen molar-refractivity contribution in [2.45, 2.75) is 6.54 Å². The molecule has 0 spiro atoms. The topological polar surface area (TPSA) is 27.7 Å². The van der Waals surface area contributed by atoms with Gasteiger partial charge in [0.1, 0.15) is 0 Å². The number of anilines is 2. The number of ether oxygens (including phenoxy) is 1. The number of nitrogens with zero attached hydrogens (tertiary/aromatic N) is 2. The first-order valence-corrected chi connectivity index (χ1v) is 6.71. The van der Waals surface area contributed by atoms with Gasteiger partial charge in [-0.25, -0.2) is 0 Å². The summed E-state index contributed by atoms with van der Waals surface area (Å²) >= 11 is 0. The van der Waals surface area contributed by atoms with Crippen LogP contribution in [-0.4, -0.2) is 51.3 Å². The van der Waals surface area contributed by atoms with Gasteiger partial charge >= 0.3 is 0 Å². The zero-order valence-electron chi connectivity index (χ0n) is 11.0. The number of nitrogens with one attached hydrogen (secondary N) is 1. The van der Waals surface area contributed by atoms with Crippen molar-refractivity contribution in [2.24, 2.45) is 0 Å². The molecule has 0 bridgehead atoms. The van der Waals surface area contributed by atoms with E-state index < -0.39 is 0 Å². The van der Waals surface area contributed by atoms with Crippen LogP contribution in [0.4, 0.5) is 11.4 Å². The van der Waals surface area contributed by atoms with Gasteiger partial charge in [0.2, 0.25) is 0 Å². The van der Waals surface area contributed by atoms with E-state index in [0.717, 1.165) is 45.9 Å². The molecule has 1 aromatic carbocycles. The second kappa shape index (κ2) is 5.16. The van der Waals surface area contributed by atoms with Crippen LogP contribution in [0.15, 0.2) is 18.2 Å². The SMILES string of the molecule is CN1CCNc2cc(N3CCOCC3)ccc2C1. The van der Waals surface area contributed by atoms with E-state index in [1.54, 1.807) is 0 Å². The summed E-state index contributed by atoms with van der Waals surface area (Å²) in [6.45, 7) is 6.83. The quantitative estimate of drug-likeness (QED) is 0.811. The molecule has 1 saturated heterocycles. The van der Waals surface area contributed by atoms with Gasteiger partial charge in [-0.05, 0) is 24.7 Å². The fraction of sp³-hybridized carbons (Fsp3) is 0.571. The summed E-state index contributed by atoms with van der Waals surface area (Å²) in [5.41, 5.74) is 4.00. The summed E-state index contributed by atoms with van der Waals surface area (Å²) in [5.74, 6) is 0. The number of fused-ring (bicyclic) bond motifs is 1. The molecule has 0 aromatic heterocycles. The lowest BCUT2D eigenvalue weighted by atomic mass is 10.1. The lowest BCUT2D eigenvalue weighted by Crippen LogP contribution is -2.36. The number of hydrogen-bond acceptors (Lipinski definition) is 4. The molecule has 4 nitrogen and oxygen atoms in total. The Morgan fingerprint density at radius 2 is 2.00 bits per heavy atom. The second-order valence-electron chi connectivity index (χ2n) is 5.11. The van der Waals surface area contributed by atoms with E-state index in [2.05, 4.69) is 40.4 Å². The summed E-state index contributed by atoms with van der Waals surface area (Å²) < 4.78 is 5.40. The van der Waals surface area contributed by atoms with Gasteiger partial charge in [-0.15, -0.1) is 0 Å². The van der Waals surface area contributed by atoms with E-state index in [4.69, 9.17) is 4.74 Å². The van der Waals surface area contributed by atoms with Crippen LogP contribution >= 0.6 is 0 Å². The molecule has 0 amide bonds. The first-order valence-electron chi connectivity index (χ1n) is 6.71. The van der Waals surface area contributed by atoms with Crippen molar-refractivity contribution in [3.05, 3.63) is 23.8 Å². The molecule has 0 radical (unpaired) electrons. The molecule has 0 atom stereocenters. The van der Waals surface area contributed by atoms with Gasteiger partial charge in [-0.1, -0.05) is 6.07 Å². The highest BCUT2D eigenvalue weighted by molar-refractivity contribution is 5.63. The van der Waals surface area contributed by atoms with Crippen LogP contribution in [0.2, 0.25) is 0 Å². The van der Waals surface area contributed by atoms with Gasteiger partial charge in [0, 0.05) is 44.1 Å². The maximum absolute atomic E-state index is 5.40. The number of rotatable bonds is 1. The average molecular weight is 247 g/mol. The molecule has 18 heavy (non-hydrogen) atoms. The molecule has 0 saturated carbocycles. The van der Waals surface area contributed by atoms with Crippen molar-refractivity contribution in [3.63, 3.8) is 0 Å². The molecule has 0 unspecified atom stereocenters. The van der Waals surface area contributed by atoms with E-state index >= 15 is 0 Å². The zero-order chi connectivity index (χ0) is 12.4. The number of morpholine rings is 1. The summed E-state index contributed by atoms with van der Waals surface area (Å²) in [7, 11) is 2.17. The van der Waals surface area contributed by atoms with E-state index in [1.165, 1.54) is 16.9 Å². The lowest BCUT2D eigenvalue weighted by molar-refractivity contribution is 0.122. The van der Waals surface area contributed by atoms with Crippen LogP contribution in [0.25, 0.3) is 0 Å². The zero-order valence-corrected chi connectivity index (χ0v) is 11.0. The number of hydrogen-bond donors (Lipinski definition) is 1. The van der Waals surface area contributed by atoms with Crippen LogP contribution in [0, 0.1) is 0 Å². The van der Waals surface area contributed by atoms with Crippen molar-refractivity contribution in [1.29, 1.82) is 0 Å². The summed E-state index contributed by atoms with van der Waals surface area (Å²) in [4.78, 5) is 4.76. The smallest absolute Gasteiger partial charge is 0.0642 e. The van der Waals surface area contributed by atoms with Gasteiger partial charge in [-0.3, -0.25) is 0 Å². The van der Waals surface area contributed by atoms with Crippen LogP contribution in [0.1, 0.15) is 5.56 Å². The minimum Gasteiger partial charge on any atom is -0.383 e. The maximum Gasteiger partial charge on any atom is 0.0642 e. The Morgan fingerprint density at radius 1 is 1.17 bits per heavy atom. The molecule has 98 valence electrons. The monoisotopic (exact) mass is 247 g/mol. The van der Waals surface area contributed by atoms with E-state index in [-0.39, 0.29) is 0 Å². The summed E-state index contributed by atoms with van der Waals surface area (Å²) in [5, 5.41) is 3.54. The van der Waals surface area contributed by atoms with Gasteiger partial charge in [0.05, 0.1) is 13.2 Å². The van der Waals surface area contributed by atoms with Gasteiger partial charge < -0.3 is 19.9 Å². The minimum atomic E-state index is 0.841. The fourth-order valence-corrected chi connectivity index (χ4v) is 2.64. The highest BCUT2D eigenvalue weighted by atomic mass is 16.5. The first kappa shape index (κ1) is 11.8. The maximum atomic E-state index is 5.40. The highest BCUT2D eigenvalue weighted by Gasteiger charge is 2.15. The normalized spacial score (nSPS) is 21.1. The summed E-state index contributed by atoms with van der Waals surface area (Å²) in [6, 6.07) is 6.79. The van der Waals surface area contributed by atoms with Crippen molar-refractivity contribution in [3.8, 4) is 0 Å². The Kier molecular flexibility index (Phi) is 3.39. The Morgan fingerprint density at radius 3 is 2.83 bits per heavy atom. The third-order valence-electron chi connectivity index (χ3n) is 3.72. The molecule has 3 rings (SSSR count). The Bertz CT molecular complexity index is 416. The molecule has 2 aliphatic rings. The standard InChI is InChI=1S/C14H21N3O/c1-16-5-4-15-14-10-13(3-2-12(14)11-16)17-6-8-18-9-7-17/h2-3,10,15H,4-9,11H2,1H3. The number of likely N-dealkylation sites (N-methyl/N-ethyl adjacent to an activating group) is 1. The third kappa shape index (κ3) is 2.44. The van der Waals surface area contributed by atoms with Crippen LogP contribution in [0.3, 0.4) is 0 Å². The van der Waals surface area contributed by atoms with E-state index in [0.29, 0.717) is 0 Å². The highest BCUT2D eigenvalue weighted by Crippen LogP contribution is 2.26. The minimum absolute atomic E-state index is 0.841. The molecular weight excluding hydrogens is 226 g/mol. The van der Waals surface area contributed by atoms with Crippen molar-refractivity contribution in [2.75, 3.05) is 56.7 Å². The average Bonchev–Trinajstić information content (AvgIpc) is 2.59. The molecule has 2 heterocycles. The molecule has 4 heteroatoms. The molecule has 2 aliphatic heterocycles. The largest absolute Gasteiger partial charge is 0.383 e. The predicted octanol–water partition coefficient (Wildman–Crippen LogP) is 1.38. The second-order valence-corrected chi connectivity index (χ2v) is 5.11. The molecule has 0 aliphatic carbocycles. The van der Waals surface area contributed by atoms with E-state index in [1.807, 2.05) is 0 Å². The van der Waals surface area contributed by atoms with Crippen molar-refractivity contribution >= 4 is 11.4 Å². The molecule has 1 aromatic rings. The van der Waals surface area contributed by atoms with E-state index in [9.17, 15) is 0 Å².